The molecule has 97 heavy (non-hydrogen) atoms. The summed E-state index contributed by atoms with van der Waals surface area (Å²) in [4.78, 5) is 104. The summed E-state index contributed by atoms with van der Waals surface area (Å²) in [6, 6.07) is 55.4. The second-order valence-electron chi connectivity index (χ2n) is 26.5. The van der Waals surface area contributed by atoms with Crippen molar-refractivity contribution >= 4 is 64.7 Å². The summed E-state index contributed by atoms with van der Waals surface area (Å²) in [5, 5.41) is 33.4. The highest BCUT2D eigenvalue weighted by Crippen LogP contribution is 2.65. The second kappa shape index (κ2) is 30.3. The summed E-state index contributed by atoms with van der Waals surface area (Å²) in [7, 11) is -2.01. The first kappa shape index (κ1) is 71.6. The lowest BCUT2D eigenvalue weighted by Crippen LogP contribution is -3.00. The van der Waals surface area contributed by atoms with Crippen LogP contribution in [-0.2, 0) is 57.1 Å². The summed E-state index contributed by atoms with van der Waals surface area (Å²) >= 11 is 0. The summed E-state index contributed by atoms with van der Waals surface area (Å²) < 4.78 is 44.0. The molecule has 1 unspecified atom stereocenters. The lowest BCUT2D eigenvalue weighted by atomic mass is 9.44. The Morgan fingerprint density at radius 2 is 1.26 bits per heavy atom. The van der Waals surface area contributed by atoms with E-state index in [0.29, 0.717) is 31.9 Å². The van der Waals surface area contributed by atoms with Crippen molar-refractivity contribution in [2.45, 2.75) is 128 Å². The maximum atomic E-state index is 16.0. The van der Waals surface area contributed by atoms with Crippen LogP contribution >= 0.6 is 7.26 Å². The molecule has 0 radical (unpaired) electrons. The van der Waals surface area contributed by atoms with E-state index in [-0.39, 0.29) is 58.2 Å². The Kier molecular flexibility index (Phi) is 22.4. The SMILES string of the molecule is CC(=O)O[C@H]1C(=O)[C@@]2(C)[C@H]([C@H](OC(=O)c3ccccc3)[C@]3(O)C[C@H](OC(=O)C(OC(=O)/C=C/N4CCC(COCCC[P+](c5ccccc5)(c5ccccc5)c5ccccc5)CC4)[C@@H](NC(=O)c4ccccc4)c4ccccc4)C(C)=C1C3(C)C)[C@]1(OC(C)=O)CO[C@@H]1C[C@@H]2O.[Br-]. The minimum absolute atomic E-state index is 0. The maximum Gasteiger partial charge on any atom is 0.350 e. The monoisotopic (exact) mass is 1400 g/mol. The predicted molar refractivity (Wildman–Crippen MR) is 360 cm³/mol. The minimum atomic E-state index is -2.48. The van der Waals surface area contributed by atoms with E-state index in [2.05, 4.69) is 96.3 Å². The van der Waals surface area contributed by atoms with Gasteiger partial charge in [0.25, 0.3) is 5.91 Å². The van der Waals surface area contributed by atoms with E-state index in [1.807, 2.05) is 4.90 Å². The van der Waals surface area contributed by atoms with Gasteiger partial charge >= 0.3 is 29.8 Å². The van der Waals surface area contributed by atoms with Gasteiger partial charge in [0.2, 0.25) is 6.10 Å². The number of Topliss-reactive ketones (excluding diaryl/α,β-unsaturated/α-hetero) is 1. The number of fused-ring (bicyclic) bond motifs is 5. The quantitative estimate of drug-likeness (QED) is 0.0179. The zero-order valence-electron chi connectivity index (χ0n) is 55.3. The third kappa shape index (κ3) is 14.3. The van der Waals surface area contributed by atoms with E-state index in [1.54, 1.807) is 106 Å². The van der Waals surface area contributed by atoms with Crippen LogP contribution < -0.4 is 38.2 Å². The van der Waals surface area contributed by atoms with Crippen LogP contribution in [0, 0.1) is 22.7 Å². The lowest BCUT2D eigenvalue weighted by Gasteiger charge is -2.67. The standard InChI is InChI=1S/C77H83N2O16P.BrH/c1-50-60(47-77(88)70(94-72(86)56-30-17-9-18-31-56)68-75(6,61(82)46-62-76(68,49-90-62)95-52(3)81)69(84)66(91-51(2)80)64(50)74(77,4)5)92-73(87)67(65(54-26-13-7-14-27-54)78-71(85)55-28-15-8-16-29-55)93-63(83)40-43-79-41-38-53(39-42-79)48-89-44-25-45-96(57-32-19-10-20-33-57,58-34-21-11-22-35-58)59-36-23-12-24-37-59;/h7-24,26-37,40,43,53,60-62,65-68,70,82,88H,25,38-39,41-42,44-49H2,1-6H3;1H/b43-40+;/t60-,61-,62+,65-,66+,67?,68-,70-,75+,76-,77+;/m0./s1. The molecule has 11 atom stereocenters. The molecule has 4 fully saturated rings. The minimum Gasteiger partial charge on any atom is -1.00 e. The van der Waals surface area contributed by atoms with Crippen LogP contribution in [-0.4, -0.2) is 144 Å². The molecule has 2 aliphatic heterocycles. The van der Waals surface area contributed by atoms with Crippen LogP contribution in [0.3, 0.4) is 0 Å². The number of nitrogens with one attached hydrogen (secondary N) is 1. The number of piperidine rings is 1. The number of esters is 5. The van der Waals surface area contributed by atoms with Crippen LogP contribution in [0.25, 0.3) is 0 Å². The molecule has 3 aliphatic carbocycles. The van der Waals surface area contributed by atoms with Crippen molar-refractivity contribution in [3.8, 4) is 0 Å². The fourth-order valence-corrected chi connectivity index (χ4v) is 19.7. The molecule has 2 saturated carbocycles. The van der Waals surface area contributed by atoms with Crippen molar-refractivity contribution in [2.75, 3.05) is 39.1 Å². The fraction of sp³-hybridized carbons (Fsp3) is 0.390. The number of halogens is 1. The van der Waals surface area contributed by atoms with Crippen LogP contribution in [0.15, 0.2) is 205 Å². The van der Waals surface area contributed by atoms with Gasteiger partial charge in [0.1, 0.15) is 53.1 Å². The number of nitrogens with zero attached hydrogens (tertiary/aromatic N) is 1. The molecule has 6 aromatic carbocycles. The molecule has 6 aromatic rings. The number of ketones is 1. The molecular formula is C77H84BrN2O16P. The predicted octanol–water partition coefficient (Wildman–Crippen LogP) is 5.92. The number of aliphatic hydroxyl groups is 2. The topological polar surface area (TPSA) is 240 Å². The number of carbonyl (C=O) groups is 7. The smallest absolute Gasteiger partial charge is 0.350 e. The van der Waals surface area contributed by atoms with Gasteiger partial charge in [0.15, 0.2) is 17.5 Å². The van der Waals surface area contributed by atoms with E-state index in [9.17, 15) is 34.2 Å². The molecule has 18 nitrogen and oxygen atoms in total. The maximum absolute atomic E-state index is 16.0. The van der Waals surface area contributed by atoms with Crippen molar-refractivity contribution in [3.05, 3.63) is 222 Å². The molecule has 11 rings (SSSR count). The van der Waals surface area contributed by atoms with E-state index in [1.165, 1.54) is 41.0 Å². The highest BCUT2D eigenvalue weighted by molar-refractivity contribution is 7.95. The van der Waals surface area contributed by atoms with E-state index >= 15 is 9.59 Å². The van der Waals surface area contributed by atoms with Crippen molar-refractivity contribution in [1.82, 2.24) is 10.2 Å². The number of likely N-dealkylation sites (tertiary alicyclic amines) is 1. The van der Waals surface area contributed by atoms with Gasteiger partial charge in [-0.3, -0.25) is 19.2 Å². The molecule has 1 amide bonds. The number of hydrogen-bond donors (Lipinski definition) is 3. The third-order valence-electron chi connectivity index (χ3n) is 20.5. The average molecular weight is 1400 g/mol. The van der Waals surface area contributed by atoms with Crippen molar-refractivity contribution in [3.63, 3.8) is 0 Å². The number of amides is 1. The molecule has 2 saturated heterocycles. The first-order valence-corrected chi connectivity index (χ1v) is 34.9. The largest absolute Gasteiger partial charge is 1.00 e. The van der Waals surface area contributed by atoms with Gasteiger partial charge in [0, 0.05) is 76.1 Å². The van der Waals surface area contributed by atoms with Crippen LogP contribution in [0.4, 0.5) is 0 Å². The summed E-state index contributed by atoms with van der Waals surface area (Å²) in [5.41, 5.74) is -7.46. The van der Waals surface area contributed by atoms with Gasteiger partial charge in [0.05, 0.1) is 42.4 Å². The zero-order chi connectivity index (χ0) is 68.0. The molecule has 5 aliphatic rings. The fourth-order valence-electron chi connectivity index (χ4n) is 15.4. The normalized spacial score (nSPS) is 25.8. The molecule has 20 heteroatoms. The van der Waals surface area contributed by atoms with Gasteiger partial charge < -0.3 is 70.6 Å². The number of ether oxygens (including phenoxy) is 7. The number of carbonyl (C=O) groups excluding carboxylic acids is 7. The molecular weight excluding hydrogens is 1320 g/mol. The zero-order valence-corrected chi connectivity index (χ0v) is 57.8. The number of hydrogen-bond acceptors (Lipinski definition) is 17. The Morgan fingerprint density at radius 1 is 0.722 bits per heavy atom. The Hall–Kier alpha value is -8.16. The van der Waals surface area contributed by atoms with E-state index in [4.69, 9.17) is 33.2 Å². The van der Waals surface area contributed by atoms with Crippen molar-refractivity contribution in [1.29, 1.82) is 0 Å². The Balaban J connectivity index is 0.0000102. The molecule has 510 valence electrons. The van der Waals surface area contributed by atoms with Crippen molar-refractivity contribution in [2.24, 2.45) is 22.7 Å². The van der Waals surface area contributed by atoms with Crippen LogP contribution in [0.1, 0.15) is 106 Å². The van der Waals surface area contributed by atoms with Crippen LogP contribution in [0.5, 0.6) is 0 Å². The molecule has 2 heterocycles. The number of aliphatic hydroxyl groups excluding tert-OH is 1. The first-order chi connectivity index (χ1) is 46.1. The number of rotatable bonds is 22. The molecule has 0 spiro atoms. The lowest BCUT2D eigenvalue weighted by molar-refractivity contribution is -0.346. The molecule has 0 aromatic heterocycles. The Bertz CT molecular complexity index is 3740. The Labute approximate surface area is 577 Å². The summed E-state index contributed by atoms with van der Waals surface area (Å²) in [6.45, 7) is 10.4. The summed E-state index contributed by atoms with van der Waals surface area (Å²) in [5.74, 6) is -7.70. The highest BCUT2D eigenvalue weighted by atomic mass is 79.9. The van der Waals surface area contributed by atoms with E-state index in [0.717, 1.165) is 39.3 Å². The first-order valence-electron chi connectivity index (χ1n) is 32.9. The van der Waals surface area contributed by atoms with Gasteiger partial charge in [-0.2, -0.15) is 0 Å². The van der Waals surface area contributed by atoms with Gasteiger partial charge in [-0.05, 0) is 110 Å². The highest BCUT2D eigenvalue weighted by Gasteiger charge is 2.78. The van der Waals surface area contributed by atoms with Gasteiger partial charge in [-0.15, -0.1) is 0 Å². The second-order valence-corrected chi connectivity index (χ2v) is 30.1. The Morgan fingerprint density at radius 3 is 1.78 bits per heavy atom. The van der Waals surface area contributed by atoms with Crippen molar-refractivity contribution < 1.29 is 93.9 Å². The molecule has 3 N–H and O–H groups in total. The summed E-state index contributed by atoms with van der Waals surface area (Å²) in [6.07, 6.45) is -4.69. The number of benzene rings is 6. The average Bonchev–Trinajstić information content (AvgIpc) is 0.670. The van der Waals surface area contributed by atoms with Gasteiger partial charge in [-0.1, -0.05) is 135 Å². The van der Waals surface area contributed by atoms with Crippen LogP contribution in [0.2, 0.25) is 0 Å². The third-order valence-corrected chi connectivity index (χ3v) is 25.0. The van der Waals surface area contributed by atoms with E-state index < -0.39 is 126 Å². The molecule has 2 bridgehead atoms. The van der Waals surface area contributed by atoms with Gasteiger partial charge in [-0.25, -0.2) is 14.4 Å².